The van der Waals surface area contributed by atoms with Crippen molar-refractivity contribution in [2.75, 3.05) is 0 Å². The third-order valence-corrected chi connectivity index (χ3v) is 2.52. The van der Waals surface area contributed by atoms with Crippen molar-refractivity contribution in [3.63, 3.8) is 0 Å². The fraction of sp³-hybridized carbons (Fsp3) is 0.0714. The number of benzene rings is 1. The molecular weight excluding hydrogens is 220 g/mol. The van der Waals surface area contributed by atoms with E-state index in [1.807, 2.05) is 36.0 Å². The molecule has 2 aromatic rings. The third kappa shape index (κ3) is 2.56. The molecule has 0 atom stereocenters. The number of nitrogens with zero attached hydrogens (tertiary/aromatic N) is 1. The van der Waals surface area contributed by atoms with Crippen molar-refractivity contribution >= 4 is 12.2 Å². The Morgan fingerprint density at radius 3 is 2.29 bits per heavy atom. The number of aryl methyl sites for hydroxylation is 1. The van der Waals surface area contributed by atoms with Gasteiger partial charge < -0.3 is 0 Å². The van der Waals surface area contributed by atoms with Crippen LogP contribution in [0.1, 0.15) is 11.3 Å². The number of hydrogen-bond donors (Lipinski definition) is 0. The van der Waals surface area contributed by atoms with E-state index in [1.54, 1.807) is 6.08 Å². The van der Waals surface area contributed by atoms with Crippen molar-refractivity contribution in [1.29, 1.82) is 0 Å². The van der Waals surface area contributed by atoms with Crippen LogP contribution in [0.15, 0.2) is 42.6 Å². The second kappa shape index (κ2) is 4.87. The molecule has 2 rings (SSSR count). The van der Waals surface area contributed by atoms with Crippen LogP contribution in [-0.2, 0) is 7.05 Å². The molecule has 0 saturated heterocycles. The first-order chi connectivity index (χ1) is 8.18. The highest BCUT2D eigenvalue weighted by Crippen LogP contribution is 2.14. The van der Waals surface area contributed by atoms with Crippen LogP contribution in [0.4, 0.5) is 8.78 Å². The molecule has 0 aliphatic rings. The zero-order chi connectivity index (χ0) is 12.3. The maximum Gasteiger partial charge on any atom is 0.204 e. The maximum absolute atomic E-state index is 13.4. The van der Waals surface area contributed by atoms with E-state index in [9.17, 15) is 8.78 Å². The van der Waals surface area contributed by atoms with E-state index in [0.29, 0.717) is 0 Å². The predicted octanol–water partition coefficient (Wildman–Crippen LogP) is 2.96. The highest BCUT2D eigenvalue weighted by Gasteiger charge is 2.05. The largest absolute Gasteiger partial charge is 0.206 e. The first kappa shape index (κ1) is 11.5. The first-order valence-corrected chi connectivity index (χ1v) is 5.25. The molecule has 86 valence electrons. The lowest BCUT2D eigenvalue weighted by Crippen LogP contribution is -2.30. The molecule has 0 aliphatic heterocycles. The predicted molar refractivity (Wildman–Crippen MR) is 62.9 cm³/mol. The average Bonchev–Trinajstić information content (AvgIpc) is 2.30. The molecule has 1 aromatic carbocycles. The minimum atomic E-state index is -0.556. The van der Waals surface area contributed by atoms with Gasteiger partial charge in [0.1, 0.15) is 18.7 Å². The molecule has 1 aromatic heterocycles. The second-order valence-corrected chi connectivity index (χ2v) is 3.71. The molecule has 0 fully saturated rings. The van der Waals surface area contributed by atoms with E-state index in [2.05, 4.69) is 0 Å². The smallest absolute Gasteiger partial charge is 0.204 e. The summed E-state index contributed by atoms with van der Waals surface area (Å²) in [6.45, 7) is 0. The lowest BCUT2D eigenvalue weighted by atomic mass is 10.1. The Balaban J connectivity index is 2.36. The molecule has 0 spiro atoms. The molecule has 0 N–H and O–H groups in total. The fourth-order valence-corrected chi connectivity index (χ4v) is 1.55. The van der Waals surface area contributed by atoms with Gasteiger partial charge in [-0.15, -0.1) is 0 Å². The molecule has 1 heterocycles. The summed E-state index contributed by atoms with van der Waals surface area (Å²) in [5.41, 5.74) is 0.853. The zero-order valence-corrected chi connectivity index (χ0v) is 9.40. The van der Waals surface area contributed by atoms with Crippen LogP contribution in [0, 0.1) is 11.6 Å². The number of aromatic nitrogens is 1. The van der Waals surface area contributed by atoms with Gasteiger partial charge in [0.05, 0.1) is 0 Å². The monoisotopic (exact) mass is 232 g/mol. The van der Waals surface area contributed by atoms with E-state index >= 15 is 0 Å². The van der Waals surface area contributed by atoms with Crippen molar-refractivity contribution in [2.24, 2.45) is 7.05 Å². The van der Waals surface area contributed by atoms with Crippen molar-refractivity contribution < 1.29 is 13.3 Å². The molecule has 0 radical (unpaired) electrons. The van der Waals surface area contributed by atoms with E-state index in [1.165, 1.54) is 24.3 Å². The van der Waals surface area contributed by atoms with E-state index in [4.69, 9.17) is 0 Å². The summed E-state index contributed by atoms with van der Waals surface area (Å²) in [4.78, 5) is 0. The number of rotatable bonds is 2. The van der Waals surface area contributed by atoms with Gasteiger partial charge in [0.2, 0.25) is 5.69 Å². The second-order valence-electron chi connectivity index (χ2n) is 3.71. The van der Waals surface area contributed by atoms with Gasteiger partial charge in [0.25, 0.3) is 0 Å². The van der Waals surface area contributed by atoms with Crippen molar-refractivity contribution in [3.8, 4) is 0 Å². The summed E-state index contributed by atoms with van der Waals surface area (Å²) < 4.78 is 28.6. The lowest BCUT2D eigenvalue weighted by molar-refractivity contribution is -0.673. The van der Waals surface area contributed by atoms with Crippen molar-refractivity contribution in [1.82, 2.24) is 0 Å². The van der Waals surface area contributed by atoms with Crippen LogP contribution >= 0.6 is 0 Å². The maximum atomic E-state index is 13.4. The highest BCUT2D eigenvalue weighted by atomic mass is 19.1. The van der Waals surface area contributed by atoms with E-state index < -0.39 is 11.6 Å². The number of hydrogen-bond acceptors (Lipinski definition) is 0. The van der Waals surface area contributed by atoms with Gasteiger partial charge >= 0.3 is 0 Å². The normalized spacial score (nSPS) is 11.0. The van der Waals surface area contributed by atoms with Crippen LogP contribution in [0.5, 0.6) is 0 Å². The Morgan fingerprint density at radius 2 is 1.65 bits per heavy atom. The quantitative estimate of drug-likeness (QED) is 0.701. The summed E-state index contributed by atoms with van der Waals surface area (Å²) in [5.74, 6) is -1.11. The summed E-state index contributed by atoms with van der Waals surface area (Å²) in [6, 6.07) is 9.47. The molecule has 17 heavy (non-hydrogen) atoms. The van der Waals surface area contributed by atoms with Gasteiger partial charge in [-0.1, -0.05) is 6.07 Å². The van der Waals surface area contributed by atoms with Gasteiger partial charge in [-0.25, -0.2) is 13.3 Å². The third-order valence-electron chi connectivity index (χ3n) is 2.52. The highest BCUT2D eigenvalue weighted by molar-refractivity contribution is 5.67. The molecule has 0 saturated carbocycles. The van der Waals surface area contributed by atoms with Gasteiger partial charge in [-0.3, -0.25) is 0 Å². The summed E-state index contributed by atoms with van der Waals surface area (Å²) in [5, 5.41) is 0. The van der Waals surface area contributed by atoms with Crippen LogP contribution in [0.25, 0.3) is 12.2 Å². The molecular formula is C14H12F2N+. The standard InChI is InChI=1S/C14H12F2N/c1-17-10-3-2-5-11(17)8-9-12-13(15)6-4-7-14(12)16/h2-10H,1H3/q+1/b9-8+. The van der Waals surface area contributed by atoms with Crippen molar-refractivity contribution in [3.05, 3.63) is 65.5 Å². The Hall–Kier alpha value is -2.03. The minimum absolute atomic E-state index is 0.0173. The Morgan fingerprint density at radius 1 is 0.941 bits per heavy atom. The van der Waals surface area contributed by atoms with Crippen LogP contribution < -0.4 is 4.57 Å². The fourth-order valence-electron chi connectivity index (χ4n) is 1.55. The molecule has 0 amide bonds. The summed E-state index contributed by atoms with van der Waals surface area (Å²) in [6.07, 6.45) is 5.00. The summed E-state index contributed by atoms with van der Waals surface area (Å²) >= 11 is 0. The Labute approximate surface area is 98.7 Å². The van der Waals surface area contributed by atoms with Gasteiger partial charge in [0.15, 0.2) is 6.20 Å². The molecule has 0 bridgehead atoms. The van der Waals surface area contributed by atoms with Crippen molar-refractivity contribution in [2.45, 2.75) is 0 Å². The summed E-state index contributed by atoms with van der Waals surface area (Å²) in [7, 11) is 1.87. The Kier molecular flexibility index (Phi) is 3.28. The van der Waals surface area contributed by atoms with Gasteiger partial charge in [-0.05, 0) is 24.3 Å². The van der Waals surface area contributed by atoms with Crippen LogP contribution in [0.2, 0.25) is 0 Å². The topological polar surface area (TPSA) is 3.88 Å². The lowest BCUT2D eigenvalue weighted by Gasteiger charge is -1.98. The van der Waals surface area contributed by atoms with Gasteiger partial charge in [-0.2, -0.15) is 0 Å². The van der Waals surface area contributed by atoms with Gasteiger partial charge in [0, 0.05) is 23.8 Å². The minimum Gasteiger partial charge on any atom is -0.206 e. The SMILES string of the molecule is C[n+]1ccccc1/C=C/c1c(F)cccc1F. The number of pyridine rings is 1. The average molecular weight is 232 g/mol. The first-order valence-electron chi connectivity index (χ1n) is 5.25. The van der Waals surface area contributed by atoms with Crippen LogP contribution in [0.3, 0.4) is 0 Å². The molecule has 0 aliphatic carbocycles. The Bertz CT molecular complexity index is 542. The van der Waals surface area contributed by atoms with E-state index in [-0.39, 0.29) is 5.56 Å². The molecule has 0 unspecified atom stereocenters. The molecule has 3 heteroatoms. The molecule has 1 nitrogen and oxygen atoms in total. The van der Waals surface area contributed by atoms with Crippen LogP contribution in [-0.4, -0.2) is 0 Å². The number of halogens is 2. The zero-order valence-electron chi connectivity index (χ0n) is 9.40. The van der Waals surface area contributed by atoms with E-state index in [0.717, 1.165) is 5.69 Å².